The number of primary amides is 1. The molecule has 5 nitrogen and oxygen atoms in total. The second-order valence-electron chi connectivity index (χ2n) is 7.15. The average molecular weight is 433 g/mol. The summed E-state index contributed by atoms with van der Waals surface area (Å²) in [4.78, 5) is 27.3. The van der Waals surface area contributed by atoms with E-state index in [0.29, 0.717) is 39.9 Å². The Morgan fingerprint density at radius 3 is 2.34 bits per heavy atom. The van der Waals surface area contributed by atoms with E-state index in [2.05, 4.69) is 0 Å². The van der Waals surface area contributed by atoms with Crippen molar-refractivity contribution in [3.8, 4) is 0 Å². The first-order chi connectivity index (χ1) is 13.8. The molecule has 2 aromatic carbocycles. The highest BCUT2D eigenvalue weighted by molar-refractivity contribution is 6.34. The lowest BCUT2D eigenvalue weighted by Crippen LogP contribution is -2.52. The molecule has 0 saturated heterocycles. The molecule has 2 N–H and O–H groups in total. The molecule has 1 unspecified atom stereocenters. The molecule has 0 bridgehead atoms. The van der Waals surface area contributed by atoms with Crippen molar-refractivity contribution in [3.05, 3.63) is 75.5 Å². The zero-order valence-electron chi connectivity index (χ0n) is 16.2. The third kappa shape index (κ3) is 4.26. The van der Waals surface area contributed by atoms with Gasteiger partial charge in [-0.05, 0) is 36.2 Å². The van der Waals surface area contributed by atoms with Crippen LogP contribution in [0.2, 0.25) is 10.0 Å². The van der Waals surface area contributed by atoms with Gasteiger partial charge >= 0.3 is 0 Å². The van der Waals surface area contributed by atoms with Gasteiger partial charge in [0.1, 0.15) is 5.76 Å². The highest BCUT2D eigenvalue weighted by Crippen LogP contribution is 2.40. The lowest BCUT2D eigenvalue weighted by Gasteiger charge is -2.44. The Kier molecular flexibility index (Phi) is 6.20. The highest BCUT2D eigenvalue weighted by atomic mass is 35.5. The lowest BCUT2D eigenvalue weighted by atomic mass is 9.83. The van der Waals surface area contributed by atoms with Crippen molar-refractivity contribution in [2.45, 2.75) is 25.3 Å². The van der Waals surface area contributed by atoms with E-state index in [1.54, 1.807) is 37.1 Å². The largest absolute Gasteiger partial charge is 0.500 e. The van der Waals surface area contributed by atoms with E-state index >= 15 is 0 Å². The standard InChI is InChI=1S/C22H22Cl2N2O3/c1-22(13-19(25)27,15-10-16(23)12-17(24)11-15)26-9-8-18(29-2)20(21(26)28)14-6-4-3-5-7-14/h3-7,10-12H,8-9,13H2,1-2H3,(H2,25,27). The van der Waals surface area contributed by atoms with Gasteiger partial charge in [0.15, 0.2) is 0 Å². The predicted octanol–water partition coefficient (Wildman–Crippen LogP) is 4.37. The van der Waals surface area contributed by atoms with Crippen LogP contribution in [0.3, 0.4) is 0 Å². The molecule has 152 valence electrons. The van der Waals surface area contributed by atoms with E-state index < -0.39 is 11.4 Å². The molecular weight excluding hydrogens is 411 g/mol. The summed E-state index contributed by atoms with van der Waals surface area (Å²) in [5, 5.41) is 0.841. The molecule has 2 aromatic rings. The maximum atomic E-state index is 13.6. The first-order valence-corrected chi connectivity index (χ1v) is 9.91. The molecule has 7 heteroatoms. The molecule has 2 amide bonds. The lowest BCUT2D eigenvalue weighted by molar-refractivity contribution is -0.134. The smallest absolute Gasteiger partial charge is 0.258 e. The van der Waals surface area contributed by atoms with Gasteiger partial charge in [0.2, 0.25) is 5.91 Å². The normalized spacial score (nSPS) is 16.6. The summed E-state index contributed by atoms with van der Waals surface area (Å²) < 4.78 is 5.51. The van der Waals surface area contributed by atoms with Crippen molar-refractivity contribution >= 4 is 40.6 Å². The SMILES string of the molecule is COC1=C(c2ccccc2)C(=O)N(C(C)(CC(N)=O)c2cc(Cl)cc(Cl)c2)CC1. The first-order valence-electron chi connectivity index (χ1n) is 9.15. The van der Waals surface area contributed by atoms with Gasteiger partial charge < -0.3 is 15.4 Å². The Hall–Kier alpha value is -2.50. The molecule has 0 aliphatic carbocycles. The summed E-state index contributed by atoms with van der Waals surface area (Å²) in [6.07, 6.45) is 0.439. The van der Waals surface area contributed by atoms with Gasteiger partial charge in [0, 0.05) is 23.0 Å². The number of ether oxygens (including phenoxy) is 1. The molecule has 1 heterocycles. The molecule has 1 aliphatic heterocycles. The van der Waals surface area contributed by atoms with Crippen molar-refractivity contribution in [1.29, 1.82) is 0 Å². The average Bonchev–Trinajstić information content (AvgIpc) is 2.66. The minimum Gasteiger partial charge on any atom is -0.500 e. The number of nitrogens with zero attached hydrogens (tertiary/aromatic N) is 1. The number of nitrogens with two attached hydrogens (primary N) is 1. The number of hydrogen-bond donors (Lipinski definition) is 1. The summed E-state index contributed by atoms with van der Waals surface area (Å²) in [5.74, 6) is -0.152. The van der Waals surface area contributed by atoms with Crippen LogP contribution in [-0.2, 0) is 19.9 Å². The first kappa shape index (κ1) is 21.2. The van der Waals surface area contributed by atoms with E-state index in [-0.39, 0.29) is 12.3 Å². The highest BCUT2D eigenvalue weighted by Gasteiger charge is 2.43. The Bertz CT molecular complexity index is 955. The second kappa shape index (κ2) is 8.47. The Morgan fingerprint density at radius 1 is 1.17 bits per heavy atom. The third-order valence-corrected chi connectivity index (χ3v) is 5.64. The van der Waals surface area contributed by atoms with Crippen LogP contribution < -0.4 is 5.73 Å². The van der Waals surface area contributed by atoms with Crippen molar-refractivity contribution in [2.75, 3.05) is 13.7 Å². The number of hydrogen-bond acceptors (Lipinski definition) is 3. The minimum atomic E-state index is -1.02. The van der Waals surface area contributed by atoms with E-state index in [0.717, 1.165) is 5.56 Å². The molecular formula is C22H22Cl2N2O3. The summed E-state index contributed by atoms with van der Waals surface area (Å²) >= 11 is 12.4. The van der Waals surface area contributed by atoms with Crippen molar-refractivity contribution in [3.63, 3.8) is 0 Å². The van der Waals surface area contributed by atoms with E-state index in [1.807, 2.05) is 30.3 Å². The third-order valence-electron chi connectivity index (χ3n) is 5.21. The number of halogens is 2. The molecule has 0 saturated carbocycles. The predicted molar refractivity (Wildman–Crippen MR) is 114 cm³/mol. The quantitative estimate of drug-likeness (QED) is 0.735. The number of carbonyl (C=O) groups is 2. The van der Waals surface area contributed by atoms with E-state index in [4.69, 9.17) is 33.7 Å². The van der Waals surface area contributed by atoms with Gasteiger partial charge in [-0.25, -0.2) is 0 Å². The molecule has 0 radical (unpaired) electrons. The van der Waals surface area contributed by atoms with Gasteiger partial charge in [0.25, 0.3) is 5.91 Å². The van der Waals surface area contributed by atoms with E-state index in [9.17, 15) is 9.59 Å². The monoisotopic (exact) mass is 432 g/mol. The molecule has 1 aliphatic rings. The Morgan fingerprint density at radius 2 is 1.79 bits per heavy atom. The van der Waals surface area contributed by atoms with Gasteiger partial charge in [0.05, 0.1) is 24.6 Å². The van der Waals surface area contributed by atoms with Crippen LogP contribution in [0.25, 0.3) is 5.57 Å². The number of benzene rings is 2. The number of methoxy groups -OCH3 is 1. The fraction of sp³-hybridized carbons (Fsp3) is 0.273. The molecule has 29 heavy (non-hydrogen) atoms. The Labute approximate surface area is 180 Å². The fourth-order valence-electron chi connectivity index (χ4n) is 3.82. The van der Waals surface area contributed by atoms with Gasteiger partial charge in [-0.1, -0.05) is 53.5 Å². The van der Waals surface area contributed by atoms with Crippen LogP contribution in [-0.4, -0.2) is 30.4 Å². The van der Waals surface area contributed by atoms with Crippen LogP contribution in [0.4, 0.5) is 0 Å². The maximum Gasteiger partial charge on any atom is 0.258 e. The number of rotatable bonds is 6. The van der Waals surface area contributed by atoms with Gasteiger partial charge in [-0.3, -0.25) is 9.59 Å². The summed E-state index contributed by atoms with van der Waals surface area (Å²) in [6, 6.07) is 14.3. The minimum absolute atomic E-state index is 0.0696. The maximum absolute atomic E-state index is 13.6. The topological polar surface area (TPSA) is 72.6 Å². The van der Waals surface area contributed by atoms with Crippen molar-refractivity contribution in [1.82, 2.24) is 4.90 Å². The zero-order valence-corrected chi connectivity index (χ0v) is 17.8. The Balaban J connectivity index is 2.13. The van der Waals surface area contributed by atoms with Crippen LogP contribution >= 0.6 is 23.2 Å². The molecule has 3 rings (SSSR count). The molecule has 0 spiro atoms. The summed E-state index contributed by atoms with van der Waals surface area (Å²) in [7, 11) is 1.56. The van der Waals surface area contributed by atoms with Crippen molar-refractivity contribution < 1.29 is 14.3 Å². The second-order valence-corrected chi connectivity index (χ2v) is 8.02. The number of carbonyl (C=O) groups excluding carboxylic acids is 2. The van der Waals surface area contributed by atoms with Crippen LogP contribution in [0.5, 0.6) is 0 Å². The molecule has 1 atom stereocenters. The van der Waals surface area contributed by atoms with Crippen LogP contribution in [0.15, 0.2) is 54.3 Å². The summed E-state index contributed by atoms with van der Waals surface area (Å²) in [6.45, 7) is 2.17. The van der Waals surface area contributed by atoms with Gasteiger partial charge in [-0.2, -0.15) is 0 Å². The van der Waals surface area contributed by atoms with Crippen molar-refractivity contribution in [2.24, 2.45) is 5.73 Å². The van der Waals surface area contributed by atoms with Crippen LogP contribution in [0, 0.1) is 0 Å². The molecule has 0 fully saturated rings. The zero-order chi connectivity index (χ0) is 21.2. The fourth-order valence-corrected chi connectivity index (χ4v) is 4.34. The van der Waals surface area contributed by atoms with E-state index in [1.165, 1.54) is 0 Å². The van der Waals surface area contributed by atoms with Gasteiger partial charge in [-0.15, -0.1) is 0 Å². The number of amides is 2. The van der Waals surface area contributed by atoms with Crippen LogP contribution in [0.1, 0.15) is 30.9 Å². The molecule has 0 aromatic heterocycles. The summed E-state index contributed by atoms with van der Waals surface area (Å²) in [5.41, 5.74) is 6.42.